The summed E-state index contributed by atoms with van der Waals surface area (Å²) in [7, 11) is 2.76. The Balaban J connectivity index is 0.000000554. The molecular formula is C26H27N3O3. The predicted molar refractivity (Wildman–Crippen MR) is 127 cm³/mol. The molecule has 164 valence electrons. The van der Waals surface area contributed by atoms with Crippen LogP contribution in [0.5, 0.6) is 0 Å². The second-order valence-corrected chi connectivity index (χ2v) is 6.67. The molecule has 32 heavy (non-hydrogen) atoms. The average molecular weight is 430 g/mol. The zero-order valence-corrected chi connectivity index (χ0v) is 18.5. The van der Waals surface area contributed by atoms with E-state index in [-0.39, 0.29) is 5.91 Å². The van der Waals surface area contributed by atoms with Gasteiger partial charge in [-0.15, -0.1) is 0 Å². The van der Waals surface area contributed by atoms with E-state index in [2.05, 4.69) is 76.0 Å². The normalized spacial score (nSPS) is 8.84. The first-order valence-electron chi connectivity index (χ1n) is 9.92. The molecule has 0 aliphatic heterocycles. The van der Waals surface area contributed by atoms with Gasteiger partial charge >= 0.3 is 0 Å². The first-order chi connectivity index (χ1) is 15.5. The molecule has 0 spiro atoms. The van der Waals surface area contributed by atoms with Crippen LogP contribution in [0.4, 0.5) is 5.69 Å². The molecule has 0 radical (unpaired) electrons. The number of hydrogen-bond donors (Lipinski definition) is 1. The number of isocyanates is 2. The summed E-state index contributed by atoms with van der Waals surface area (Å²) in [6.45, 7) is 1.52. The summed E-state index contributed by atoms with van der Waals surface area (Å²) in [5, 5.41) is 2.79. The van der Waals surface area contributed by atoms with Crippen molar-refractivity contribution < 1.29 is 14.4 Å². The third kappa shape index (κ3) is 11.2. The molecule has 0 aliphatic carbocycles. The highest BCUT2D eigenvalue weighted by Gasteiger charge is 2.01. The van der Waals surface area contributed by atoms with Crippen LogP contribution in [0.15, 0.2) is 88.8 Å². The summed E-state index contributed by atoms with van der Waals surface area (Å²) in [4.78, 5) is 34.7. The number of aliphatic imine (C=N–C) groups is 2. The number of amides is 1. The highest BCUT2D eigenvalue weighted by molar-refractivity contribution is 5.88. The molecule has 6 nitrogen and oxygen atoms in total. The molecule has 1 N–H and O–H groups in total. The van der Waals surface area contributed by atoms with Crippen molar-refractivity contribution in [2.75, 3.05) is 19.4 Å². The average Bonchev–Trinajstić information content (AvgIpc) is 2.81. The van der Waals surface area contributed by atoms with Gasteiger partial charge in [0.05, 0.1) is 0 Å². The minimum atomic E-state index is -0.0450. The fourth-order valence-electron chi connectivity index (χ4n) is 2.83. The molecular weight excluding hydrogens is 402 g/mol. The maximum absolute atomic E-state index is 11.1. The van der Waals surface area contributed by atoms with Crippen LogP contribution in [0, 0.1) is 0 Å². The molecule has 0 aromatic heterocycles. The lowest BCUT2D eigenvalue weighted by atomic mass is 9.99. The first kappa shape index (κ1) is 25.9. The summed E-state index contributed by atoms with van der Waals surface area (Å²) in [6.07, 6.45) is 4.46. The summed E-state index contributed by atoms with van der Waals surface area (Å²) < 4.78 is 0. The van der Waals surface area contributed by atoms with Gasteiger partial charge in [-0.3, -0.25) is 4.79 Å². The van der Waals surface area contributed by atoms with Gasteiger partial charge in [-0.2, -0.15) is 0 Å². The number of nitrogens with zero attached hydrogens (tertiary/aromatic N) is 2. The standard InChI is InChI=1S/C22H21NO.2C2H3NO/c1-17(24)23-22-12-10-19(11-13-22)15-21-9-5-8-20(16-21)14-18-6-3-2-4-7-18;2*1-3-2-4/h2-13,16H,14-15H2,1H3,(H,23,24);2*1H3. The Morgan fingerprint density at radius 3 is 1.59 bits per heavy atom. The van der Waals surface area contributed by atoms with E-state index >= 15 is 0 Å². The van der Waals surface area contributed by atoms with Gasteiger partial charge in [0, 0.05) is 26.7 Å². The molecule has 0 bridgehead atoms. The minimum Gasteiger partial charge on any atom is -0.326 e. The Hall–Kier alpha value is -4.11. The van der Waals surface area contributed by atoms with Crippen LogP contribution in [-0.4, -0.2) is 32.2 Å². The number of anilines is 1. The number of hydrogen-bond acceptors (Lipinski definition) is 5. The van der Waals surface area contributed by atoms with Gasteiger partial charge in [-0.25, -0.2) is 19.6 Å². The maximum Gasteiger partial charge on any atom is 0.234 e. The van der Waals surface area contributed by atoms with E-state index in [9.17, 15) is 4.79 Å². The van der Waals surface area contributed by atoms with Gasteiger partial charge in [0.2, 0.25) is 18.1 Å². The van der Waals surface area contributed by atoms with Crippen molar-refractivity contribution in [3.05, 3.63) is 101 Å². The second-order valence-electron chi connectivity index (χ2n) is 6.67. The Bertz CT molecular complexity index is 1040. The van der Waals surface area contributed by atoms with Crippen molar-refractivity contribution in [3.8, 4) is 0 Å². The fourth-order valence-corrected chi connectivity index (χ4v) is 2.83. The van der Waals surface area contributed by atoms with E-state index in [0.29, 0.717) is 0 Å². The summed E-state index contributed by atoms with van der Waals surface area (Å²) in [5.74, 6) is -0.0450. The molecule has 3 aromatic rings. The van der Waals surface area contributed by atoms with E-state index < -0.39 is 0 Å². The van der Waals surface area contributed by atoms with E-state index in [4.69, 9.17) is 9.59 Å². The minimum absolute atomic E-state index is 0.0450. The van der Waals surface area contributed by atoms with Crippen molar-refractivity contribution >= 4 is 23.8 Å². The molecule has 0 unspecified atom stereocenters. The number of carbonyl (C=O) groups excluding carboxylic acids is 3. The largest absolute Gasteiger partial charge is 0.326 e. The fraction of sp³-hybridized carbons (Fsp3) is 0.192. The van der Waals surface area contributed by atoms with Gasteiger partial charge in [0.15, 0.2) is 0 Å². The van der Waals surface area contributed by atoms with Gasteiger partial charge in [-0.1, -0.05) is 66.7 Å². The van der Waals surface area contributed by atoms with Gasteiger partial charge < -0.3 is 5.32 Å². The summed E-state index contributed by atoms with van der Waals surface area (Å²) in [5.41, 5.74) is 6.03. The predicted octanol–water partition coefficient (Wildman–Crippen LogP) is 4.73. The van der Waals surface area contributed by atoms with E-state index in [1.165, 1.54) is 55.4 Å². The van der Waals surface area contributed by atoms with Crippen LogP contribution in [0.3, 0.4) is 0 Å². The third-order valence-electron chi connectivity index (χ3n) is 4.11. The monoisotopic (exact) mass is 429 g/mol. The van der Waals surface area contributed by atoms with Crippen molar-refractivity contribution in [2.45, 2.75) is 19.8 Å². The highest BCUT2D eigenvalue weighted by Crippen LogP contribution is 2.16. The van der Waals surface area contributed by atoms with Gasteiger partial charge in [0.1, 0.15) is 0 Å². The Labute approximate surface area is 188 Å². The van der Waals surface area contributed by atoms with E-state index in [0.717, 1.165) is 18.5 Å². The van der Waals surface area contributed by atoms with Crippen molar-refractivity contribution in [3.63, 3.8) is 0 Å². The zero-order valence-electron chi connectivity index (χ0n) is 18.5. The molecule has 3 aromatic carbocycles. The first-order valence-corrected chi connectivity index (χ1v) is 9.92. The zero-order chi connectivity index (χ0) is 23.6. The number of nitrogens with one attached hydrogen (secondary N) is 1. The summed E-state index contributed by atoms with van der Waals surface area (Å²) >= 11 is 0. The SMILES string of the molecule is CC(=O)Nc1ccc(Cc2cccc(Cc3ccccc3)c2)cc1.CN=C=O.CN=C=O. The molecule has 1 amide bonds. The van der Waals surface area contributed by atoms with Crippen molar-refractivity contribution in [1.29, 1.82) is 0 Å². The molecule has 3 rings (SSSR count). The lowest BCUT2D eigenvalue weighted by Crippen LogP contribution is -2.05. The van der Waals surface area contributed by atoms with E-state index in [1.807, 2.05) is 18.2 Å². The van der Waals surface area contributed by atoms with Gasteiger partial charge in [-0.05, 0) is 47.2 Å². The van der Waals surface area contributed by atoms with Crippen molar-refractivity contribution in [1.82, 2.24) is 0 Å². The van der Waals surface area contributed by atoms with Crippen LogP contribution in [0.1, 0.15) is 29.2 Å². The third-order valence-corrected chi connectivity index (χ3v) is 4.11. The molecule has 0 aliphatic rings. The van der Waals surface area contributed by atoms with Crippen LogP contribution >= 0.6 is 0 Å². The Morgan fingerprint density at radius 2 is 1.16 bits per heavy atom. The molecule has 6 heteroatoms. The summed E-state index contributed by atoms with van der Waals surface area (Å²) in [6, 6.07) is 27.3. The van der Waals surface area contributed by atoms with E-state index in [1.54, 1.807) is 0 Å². The molecule has 0 saturated carbocycles. The maximum atomic E-state index is 11.1. The second kappa shape index (κ2) is 15.7. The van der Waals surface area contributed by atoms with Gasteiger partial charge in [0.25, 0.3) is 0 Å². The Morgan fingerprint density at radius 1 is 0.719 bits per heavy atom. The van der Waals surface area contributed by atoms with Crippen molar-refractivity contribution in [2.24, 2.45) is 9.98 Å². The smallest absolute Gasteiger partial charge is 0.234 e. The molecule has 0 heterocycles. The number of benzene rings is 3. The molecule has 0 fully saturated rings. The van der Waals surface area contributed by atoms with Crippen LogP contribution in [0.2, 0.25) is 0 Å². The number of carbonyl (C=O) groups is 1. The quantitative estimate of drug-likeness (QED) is 0.470. The molecule has 0 atom stereocenters. The van der Waals surface area contributed by atoms with Crippen LogP contribution in [-0.2, 0) is 27.2 Å². The van der Waals surface area contributed by atoms with Crippen LogP contribution < -0.4 is 5.32 Å². The lowest BCUT2D eigenvalue weighted by molar-refractivity contribution is -0.114. The topological polar surface area (TPSA) is 88.0 Å². The Kier molecular flexibility index (Phi) is 12.7. The lowest BCUT2D eigenvalue weighted by Gasteiger charge is -2.07. The van der Waals surface area contributed by atoms with Crippen LogP contribution in [0.25, 0.3) is 0 Å². The molecule has 0 saturated heterocycles. The highest BCUT2D eigenvalue weighted by atomic mass is 16.1. The number of rotatable bonds is 5.